The Morgan fingerprint density at radius 2 is 1.96 bits per heavy atom. The van der Waals surface area contributed by atoms with Crippen molar-refractivity contribution in [3.8, 4) is 0 Å². The van der Waals surface area contributed by atoms with Crippen LogP contribution in [0.2, 0.25) is 18.1 Å². The third-order valence-electron chi connectivity index (χ3n) is 7.80. The molecule has 3 rings (SSSR count). The first-order chi connectivity index (χ1) is 12.9. The van der Waals surface area contributed by atoms with Crippen LogP contribution in [0, 0.1) is 11.3 Å². The summed E-state index contributed by atoms with van der Waals surface area (Å²) in [5.74, 6) is 0.758. The number of allylic oxidation sites excluding steroid dienone is 1. The largest absolute Gasteiger partial charge is 0.414 e. The van der Waals surface area contributed by atoms with E-state index in [-0.39, 0.29) is 16.2 Å². The molecule has 0 radical (unpaired) electrons. The number of carbonyl (C=O) groups is 1. The fraction of sp³-hybridized carbons (Fsp3) is 0.640. The van der Waals surface area contributed by atoms with E-state index in [0.717, 1.165) is 17.5 Å². The van der Waals surface area contributed by atoms with Gasteiger partial charge in [-0.15, -0.1) is 0 Å². The summed E-state index contributed by atoms with van der Waals surface area (Å²) in [5.41, 5.74) is 3.76. The molecule has 2 fully saturated rings. The lowest BCUT2D eigenvalue weighted by molar-refractivity contribution is 0.0236. The number of carbonyl (C=O) groups excluding carboxylic acids is 1. The second-order valence-electron chi connectivity index (χ2n) is 10.7. The normalized spacial score (nSPS) is 29.8. The molecule has 2 aliphatic carbocycles. The maximum Gasteiger partial charge on any atom is 0.192 e. The molecular weight excluding hydrogens is 360 g/mol. The van der Waals surface area contributed by atoms with E-state index in [1.54, 1.807) is 12.5 Å². The zero-order valence-corrected chi connectivity index (χ0v) is 19.9. The number of benzene rings is 1. The summed E-state index contributed by atoms with van der Waals surface area (Å²) in [6.07, 6.45) is 8.86. The lowest BCUT2D eigenvalue weighted by Crippen LogP contribution is -2.49. The van der Waals surface area contributed by atoms with Crippen molar-refractivity contribution < 1.29 is 9.22 Å². The van der Waals surface area contributed by atoms with E-state index in [4.69, 9.17) is 4.43 Å². The average molecular weight is 399 g/mol. The van der Waals surface area contributed by atoms with Crippen molar-refractivity contribution >= 4 is 20.2 Å². The minimum Gasteiger partial charge on any atom is -0.414 e. The molecule has 0 unspecified atom stereocenters. The van der Waals surface area contributed by atoms with E-state index < -0.39 is 8.32 Å². The predicted molar refractivity (Wildman–Crippen MR) is 121 cm³/mol. The van der Waals surface area contributed by atoms with Gasteiger partial charge >= 0.3 is 0 Å². The van der Waals surface area contributed by atoms with Gasteiger partial charge in [0.25, 0.3) is 0 Å². The lowest BCUT2D eigenvalue weighted by atomic mass is 9.66. The van der Waals surface area contributed by atoms with Gasteiger partial charge in [0, 0.05) is 11.7 Å². The van der Waals surface area contributed by atoms with Gasteiger partial charge in [-0.05, 0) is 73.7 Å². The lowest BCUT2D eigenvalue weighted by Gasteiger charge is -2.47. The van der Waals surface area contributed by atoms with Gasteiger partial charge < -0.3 is 4.43 Å². The molecule has 28 heavy (non-hydrogen) atoms. The molecule has 0 heterocycles. The monoisotopic (exact) mass is 398 g/mol. The van der Waals surface area contributed by atoms with E-state index in [9.17, 15) is 4.79 Å². The van der Waals surface area contributed by atoms with Crippen molar-refractivity contribution in [3.05, 3.63) is 41.0 Å². The standard InChI is InChI=1S/C25H38O2Si/c1-18(26)20-11-8-10-19(16-20)17-21-13-14-22-23(12-9-15-25(21,22)5)27-28(6,7)24(2,3)4/h8,10-11,16-17,22-23H,9,12-15H2,1-7H3/b21-17+/t22-,23-,25+/m0/s1. The van der Waals surface area contributed by atoms with Gasteiger partial charge in [-0.25, -0.2) is 0 Å². The van der Waals surface area contributed by atoms with Gasteiger partial charge in [-0.2, -0.15) is 0 Å². The summed E-state index contributed by atoms with van der Waals surface area (Å²) < 4.78 is 6.94. The maximum absolute atomic E-state index is 11.7. The predicted octanol–water partition coefficient (Wildman–Crippen LogP) is 7.26. The van der Waals surface area contributed by atoms with Crippen LogP contribution in [0.4, 0.5) is 0 Å². The summed E-state index contributed by atoms with van der Waals surface area (Å²) >= 11 is 0. The number of hydrogen-bond donors (Lipinski definition) is 0. The molecule has 2 saturated carbocycles. The zero-order valence-electron chi connectivity index (χ0n) is 18.9. The fourth-order valence-corrected chi connectivity index (χ4v) is 6.34. The summed E-state index contributed by atoms with van der Waals surface area (Å²) in [5, 5.41) is 0.255. The molecule has 0 aromatic heterocycles. The highest BCUT2D eigenvalue weighted by molar-refractivity contribution is 6.74. The minimum absolute atomic E-state index is 0.135. The molecule has 2 aliphatic rings. The van der Waals surface area contributed by atoms with Crippen molar-refractivity contribution in [2.75, 3.05) is 0 Å². The van der Waals surface area contributed by atoms with Crippen molar-refractivity contribution in [1.82, 2.24) is 0 Å². The third kappa shape index (κ3) is 4.07. The number of Topliss-reactive ketones (excluding diaryl/α,β-unsaturated/α-hetero) is 1. The molecule has 0 amide bonds. The van der Waals surface area contributed by atoms with Crippen molar-refractivity contribution in [3.63, 3.8) is 0 Å². The summed E-state index contributed by atoms with van der Waals surface area (Å²) in [7, 11) is -1.76. The van der Waals surface area contributed by atoms with Crippen LogP contribution in [-0.4, -0.2) is 20.2 Å². The number of fused-ring (bicyclic) bond motifs is 1. The molecule has 0 saturated heterocycles. The first-order valence-electron chi connectivity index (χ1n) is 10.9. The van der Waals surface area contributed by atoms with Crippen molar-refractivity contribution in [1.29, 1.82) is 0 Å². The SMILES string of the molecule is CC(=O)c1cccc(/C=C2\CC[C@H]3[C@@H](O[Si](C)(C)C(C)(C)C)CCC[C@]23C)c1. The van der Waals surface area contributed by atoms with E-state index in [1.165, 1.54) is 25.7 Å². The second kappa shape index (κ2) is 7.57. The summed E-state index contributed by atoms with van der Waals surface area (Å²) in [4.78, 5) is 11.7. The maximum atomic E-state index is 11.7. The first kappa shape index (κ1) is 21.5. The quantitative estimate of drug-likeness (QED) is 0.394. The van der Waals surface area contributed by atoms with Crippen LogP contribution in [0.25, 0.3) is 6.08 Å². The van der Waals surface area contributed by atoms with Crippen molar-refractivity contribution in [2.45, 2.75) is 91.0 Å². The topological polar surface area (TPSA) is 26.3 Å². The van der Waals surface area contributed by atoms with Crippen LogP contribution in [0.3, 0.4) is 0 Å². The molecule has 0 aliphatic heterocycles. The Bertz CT molecular complexity index is 771. The smallest absolute Gasteiger partial charge is 0.192 e. The molecule has 1 aromatic carbocycles. The molecule has 3 atom stereocenters. The molecule has 0 bridgehead atoms. The molecule has 154 valence electrons. The van der Waals surface area contributed by atoms with Gasteiger partial charge in [0.15, 0.2) is 14.1 Å². The van der Waals surface area contributed by atoms with Gasteiger partial charge in [0.05, 0.1) is 0 Å². The van der Waals surface area contributed by atoms with E-state index in [2.05, 4.69) is 52.9 Å². The van der Waals surface area contributed by atoms with Crippen LogP contribution in [0.5, 0.6) is 0 Å². The fourth-order valence-electron chi connectivity index (χ4n) is 4.95. The van der Waals surface area contributed by atoms with Crippen LogP contribution in [-0.2, 0) is 4.43 Å². The highest BCUT2D eigenvalue weighted by atomic mass is 28.4. The second-order valence-corrected chi connectivity index (χ2v) is 15.5. The van der Waals surface area contributed by atoms with E-state index in [0.29, 0.717) is 12.0 Å². The van der Waals surface area contributed by atoms with Crippen LogP contribution >= 0.6 is 0 Å². The Morgan fingerprint density at radius 1 is 1.25 bits per heavy atom. The Balaban J connectivity index is 1.86. The number of ketones is 1. The van der Waals surface area contributed by atoms with Gasteiger partial charge in [0.1, 0.15) is 0 Å². The third-order valence-corrected chi connectivity index (χ3v) is 12.3. The van der Waals surface area contributed by atoms with E-state index in [1.807, 2.05) is 18.2 Å². The highest BCUT2D eigenvalue weighted by Crippen LogP contribution is 2.57. The summed E-state index contributed by atoms with van der Waals surface area (Å²) in [6, 6.07) is 8.08. The minimum atomic E-state index is -1.76. The molecule has 3 heteroatoms. The van der Waals surface area contributed by atoms with Gasteiger partial charge in [-0.1, -0.05) is 64.0 Å². The van der Waals surface area contributed by atoms with Crippen molar-refractivity contribution in [2.24, 2.45) is 11.3 Å². The molecule has 0 N–H and O–H groups in total. The van der Waals surface area contributed by atoms with E-state index >= 15 is 0 Å². The zero-order chi connectivity index (χ0) is 20.7. The van der Waals surface area contributed by atoms with Crippen LogP contribution < -0.4 is 0 Å². The first-order valence-corrected chi connectivity index (χ1v) is 13.8. The Kier molecular flexibility index (Phi) is 5.82. The number of rotatable bonds is 4. The van der Waals surface area contributed by atoms with Crippen LogP contribution in [0.15, 0.2) is 29.8 Å². The Labute approximate surface area is 172 Å². The van der Waals surface area contributed by atoms with Gasteiger partial charge in [-0.3, -0.25) is 4.79 Å². The Morgan fingerprint density at radius 3 is 2.61 bits per heavy atom. The molecular formula is C25H38O2Si. The molecule has 0 spiro atoms. The highest BCUT2D eigenvalue weighted by Gasteiger charge is 2.51. The summed E-state index contributed by atoms with van der Waals surface area (Å²) in [6.45, 7) is 15.9. The molecule has 2 nitrogen and oxygen atoms in total. The van der Waals surface area contributed by atoms with Gasteiger partial charge in [0.2, 0.25) is 0 Å². The number of hydrogen-bond acceptors (Lipinski definition) is 2. The molecule has 1 aromatic rings. The van der Waals surface area contributed by atoms with Crippen LogP contribution in [0.1, 0.15) is 82.6 Å². The average Bonchev–Trinajstić information content (AvgIpc) is 2.91. The Hall–Kier alpha value is -1.19.